The largest absolute Gasteiger partial charge is 0.495 e. The SMILES string of the molecule is COc1ccc(C)cc1NCC(C)(C)O. The maximum Gasteiger partial charge on any atom is 0.141 e. The van der Waals surface area contributed by atoms with Crippen molar-refractivity contribution in [1.29, 1.82) is 0 Å². The lowest BCUT2D eigenvalue weighted by molar-refractivity contribution is 0.0945. The van der Waals surface area contributed by atoms with Crippen molar-refractivity contribution in [3.63, 3.8) is 0 Å². The number of benzene rings is 1. The van der Waals surface area contributed by atoms with Gasteiger partial charge in [-0.2, -0.15) is 0 Å². The second-order valence-corrected chi connectivity index (χ2v) is 4.37. The highest BCUT2D eigenvalue weighted by Gasteiger charge is 2.13. The van der Waals surface area contributed by atoms with Crippen molar-refractivity contribution in [3.05, 3.63) is 23.8 Å². The van der Waals surface area contributed by atoms with E-state index in [1.165, 1.54) is 0 Å². The lowest BCUT2D eigenvalue weighted by Gasteiger charge is -2.20. The Bertz CT molecular complexity index is 329. The van der Waals surface area contributed by atoms with Crippen LogP contribution in [0.5, 0.6) is 5.75 Å². The normalized spacial score (nSPS) is 11.3. The Hall–Kier alpha value is -1.22. The molecule has 0 atom stereocenters. The standard InChI is InChI=1S/C12H19NO2/c1-9-5-6-11(15-4)10(7-9)13-8-12(2,3)14/h5-7,13-14H,8H2,1-4H3. The molecule has 1 aromatic rings. The van der Waals surface area contributed by atoms with Crippen molar-refractivity contribution in [1.82, 2.24) is 0 Å². The minimum Gasteiger partial charge on any atom is -0.495 e. The summed E-state index contributed by atoms with van der Waals surface area (Å²) in [6.07, 6.45) is 0. The quantitative estimate of drug-likeness (QED) is 0.798. The molecule has 0 bridgehead atoms. The summed E-state index contributed by atoms with van der Waals surface area (Å²) in [6, 6.07) is 5.92. The zero-order valence-electron chi connectivity index (χ0n) is 9.79. The van der Waals surface area contributed by atoms with Gasteiger partial charge in [-0.15, -0.1) is 0 Å². The molecule has 0 aliphatic heterocycles. The van der Waals surface area contributed by atoms with Crippen LogP contribution in [0.1, 0.15) is 19.4 Å². The third-order valence-corrected chi connectivity index (χ3v) is 2.07. The number of anilines is 1. The van der Waals surface area contributed by atoms with Gasteiger partial charge >= 0.3 is 0 Å². The average molecular weight is 209 g/mol. The number of nitrogens with one attached hydrogen (secondary N) is 1. The first-order valence-corrected chi connectivity index (χ1v) is 5.03. The molecule has 84 valence electrons. The molecule has 0 heterocycles. The molecule has 0 fully saturated rings. The molecule has 0 saturated heterocycles. The summed E-state index contributed by atoms with van der Waals surface area (Å²) in [5, 5.41) is 12.8. The second-order valence-electron chi connectivity index (χ2n) is 4.37. The Morgan fingerprint density at radius 3 is 2.60 bits per heavy atom. The van der Waals surface area contributed by atoms with E-state index in [2.05, 4.69) is 5.32 Å². The highest BCUT2D eigenvalue weighted by molar-refractivity contribution is 5.58. The molecule has 3 heteroatoms. The molecule has 1 aromatic carbocycles. The topological polar surface area (TPSA) is 41.5 Å². The number of hydrogen-bond donors (Lipinski definition) is 2. The van der Waals surface area contributed by atoms with Crippen molar-refractivity contribution in [3.8, 4) is 5.75 Å². The van der Waals surface area contributed by atoms with Crippen LogP contribution in [0, 0.1) is 6.92 Å². The van der Waals surface area contributed by atoms with Crippen molar-refractivity contribution in [2.75, 3.05) is 19.0 Å². The summed E-state index contributed by atoms with van der Waals surface area (Å²) in [7, 11) is 1.64. The predicted molar refractivity (Wildman–Crippen MR) is 62.5 cm³/mol. The first-order chi connectivity index (χ1) is 6.92. The van der Waals surface area contributed by atoms with Crippen molar-refractivity contribution in [2.45, 2.75) is 26.4 Å². The van der Waals surface area contributed by atoms with Gasteiger partial charge in [0.25, 0.3) is 0 Å². The van der Waals surface area contributed by atoms with E-state index in [0.717, 1.165) is 17.0 Å². The first kappa shape index (κ1) is 11.9. The molecule has 0 radical (unpaired) electrons. The van der Waals surface area contributed by atoms with Gasteiger partial charge in [-0.1, -0.05) is 6.07 Å². The lowest BCUT2D eigenvalue weighted by atomic mass is 10.1. The monoisotopic (exact) mass is 209 g/mol. The van der Waals surface area contributed by atoms with E-state index in [0.29, 0.717) is 6.54 Å². The van der Waals surface area contributed by atoms with Crippen LogP contribution in [0.15, 0.2) is 18.2 Å². The highest BCUT2D eigenvalue weighted by Crippen LogP contribution is 2.25. The van der Waals surface area contributed by atoms with Gasteiger partial charge in [0.05, 0.1) is 18.4 Å². The fourth-order valence-corrected chi connectivity index (χ4v) is 1.27. The molecule has 0 aromatic heterocycles. The van der Waals surface area contributed by atoms with Crippen LogP contribution in [-0.2, 0) is 0 Å². The van der Waals surface area contributed by atoms with Crippen molar-refractivity contribution < 1.29 is 9.84 Å². The minimum atomic E-state index is -0.727. The fourth-order valence-electron chi connectivity index (χ4n) is 1.27. The number of aryl methyl sites for hydroxylation is 1. The molecule has 0 aliphatic carbocycles. The van der Waals surface area contributed by atoms with Crippen LogP contribution in [0.25, 0.3) is 0 Å². The number of ether oxygens (including phenoxy) is 1. The van der Waals surface area contributed by atoms with Crippen molar-refractivity contribution in [2.24, 2.45) is 0 Å². The van der Waals surface area contributed by atoms with E-state index < -0.39 is 5.60 Å². The van der Waals surface area contributed by atoms with Gasteiger partial charge in [0.2, 0.25) is 0 Å². The number of hydrogen-bond acceptors (Lipinski definition) is 3. The Balaban J connectivity index is 2.79. The summed E-state index contributed by atoms with van der Waals surface area (Å²) in [5.74, 6) is 0.796. The fraction of sp³-hybridized carbons (Fsp3) is 0.500. The number of aliphatic hydroxyl groups is 1. The summed E-state index contributed by atoms with van der Waals surface area (Å²) in [5.41, 5.74) is 1.35. The van der Waals surface area contributed by atoms with E-state index in [-0.39, 0.29) is 0 Å². The molecule has 15 heavy (non-hydrogen) atoms. The highest BCUT2D eigenvalue weighted by atomic mass is 16.5. The first-order valence-electron chi connectivity index (χ1n) is 5.03. The molecule has 0 spiro atoms. The van der Waals surface area contributed by atoms with Gasteiger partial charge in [0.15, 0.2) is 0 Å². The maximum absolute atomic E-state index is 9.61. The van der Waals surface area contributed by atoms with E-state index in [1.807, 2.05) is 25.1 Å². The molecule has 2 N–H and O–H groups in total. The summed E-state index contributed by atoms with van der Waals surface area (Å²) >= 11 is 0. The Labute approximate surface area is 91.1 Å². The van der Waals surface area contributed by atoms with E-state index in [1.54, 1.807) is 21.0 Å². The Morgan fingerprint density at radius 1 is 1.40 bits per heavy atom. The van der Waals surface area contributed by atoms with Crippen molar-refractivity contribution >= 4 is 5.69 Å². The van der Waals surface area contributed by atoms with Gasteiger partial charge in [0.1, 0.15) is 5.75 Å². The number of methoxy groups -OCH3 is 1. The smallest absolute Gasteiger partial charge is 0.141 e. The van der Waals surface area contributed by atoms with Crippen LogP contribution in [-0.4, -0.2) is 24.4 Å². The van der Waals surface area contributed by atoms with Crippen LogP contribution in [0.4, 0.5) is 5.69 Å². The minimum absolute atomic E-state index is 0.493. The van der Waals surface area contributed by atoms with E-state index in [4.69, 9.17) is 4.74 Å². The molecule has 1 rings (SSSR count). The third kappa shape index (κ3) is 3.80. The van der Waals surface area contributed by atoms with Crippen LogP contribution in [0.3, 0.4) is 0 Å². The van der Waals surface area contributed by atoms with Gasteiger partial charge < -0.3 is 15.2 Å². The summed E-state index contributed by atoms with van der Waals surface area (Å²) in [4.78, 5) is 0. The van der Waals surface area contributed by atoms with Crippen LogP contribution < -0.4 is 10.1 Å². The molecule has 0 amide bonds. The molecular weight excluding hydrogens is 190 g/mol. The molecular formula is C12H19NO2. The molecule has 0 saturated carbocycles. The van der Waals surface area contributed by atoms with E-state index in [9.17, 15) is 5.11 Å². The van der Waals surface area contributed by atoms with Crippen LogP contribution >= 0.6 is 0 Å². The van der Waals surface area contributed by atoms with Gasteiger partial charge in [-0.05, 0) is 38.5 Å². The maximum atomic E-state index is 9.61. The Morgan fingerprint density at radius 2 is 2.07 bits per heavy atom. The average Bonchev–Trinajstić information content (AvgIpc) is 2.14. The predicted octanol–water partition coefficient (Wildman–Crippen LogP) is 2.19. The summed E-state index contributed by atoms with van der Waals surface area (Å²) < 4.78 is 5.22. The Kier molecular flexibility index (Phi) is 3.58. The molecule has 0 unspecified atom stereocenters. The molecule has 0 aliphatic rings. The number of rotatable bonds is 4. The summed E-state index contributed by atoms with van der Waals surface area (Å²) in [6.45, 7) is 6.05. The van der Waals surface area contributed by atoms with Gasteiger partial charge in [-0.3, -0.25) is 0 Å². The zero-order chi connectivity index (χ0) is 11.5. The van der Waals surface area contributed by atoms with Gasteiger partial charge in [-0.25, -0.2) is 0 Å². The third-order valence-electron chi connectivity index (χ3n) is 2.07. The van der Waals surface area contributed by atoms with Crippen LogP contribution in [0.2, 0.25) is 0 Å². The second kappa shape index (κ2) is 4.53. The molecule has 3 nitrogen and oxygen atoms in total. The zero-order valence-corrected chi connectivity index (χ0v) is 9.79. The van der Waals surface area contributed by atoms with Gasteiger partial charge in [0, 0.05) is 6.54 Å². The van der Waals surface area contributed by atoms with E-state index >= 15 is 0 Å². The lowest BCUT2D eigenvalue weighted by Crippen LogP contribution is -2.29.